The molecule has 0 aliphatic heterocycles. The molecule has 0 saturated heterocycles. The van der Waals surface area contributed by atoms with Crippen LogP contribution in [-0.4, -0.2) is 22.0 Å². The Bertz CT molecular complexity index is 595. The molecule has 0 radical (unpaired) electrons. The number of rotatable bonds is 5. The summed E-state index contributed by atoms with van der Waals surface area (Å²) in [6, 6.07) is 2.08. The van der Waals surface area contributed by atoms with Gasteiger partial charge in [0, 0.05) is 18.7 Å². The van der Waals surface area contributed by atoms with Gasteiger partial charge < -0.3 is 9.88 Å². The molecule has 102 valence electrons. The fourth-order valence-electron chi connectivity index (χ4n) is 1.79. The van der Waals surface area contributed by atoms with E-state index in [1.165, 1.54) is 10.9 Å². The van der Waals surface area contributed by atoms with Crippen molar-refractivity contribution in [3.05, 3.63) is 30.1 Å². The Balaban J connectivity index is 2.13. The maximum Gasteiger partial charge on any atom is 0.239 e. The predicted octanol–water partition coefficient (Wildman–Crippen LogP) is 2.23. The number of amides is 1. The van der Waals surface area contributed by atoms with Gasteiger partial charge >= 0.3 is 0 Å². The minimum atomic E-state index is -0.944. The van der Waals surface area contributed by atoms with E-state index in [1.54, 1.807) is 0 Å². The highest BCUT2D eigenvalue weighted by Gasteiger charge is 2.11. The zero-order valence-corrected chi connectivity index (χ0v) is 10.6. The van der Waals surface area contributed by atoms with Gasteiger partial charge in [0.15, 0.2) is 11.6 Å². The SMILES string of the molecule is CCCCNC(=O)Cn1cnc2cc(F)c(F)cc21. The third-order valence-corrected chi connectivity index (χ3v) is 2.83. The maximum absolute atomic E-state index is 13.2. The van der Waals surface area contributed by atoms with Crippen LogP contribution in [0, 0.1) is 11.6 Å². The van der Waals surface area contributed by atoms with Gasteiger partial charge in [-0.3, -0.25) is 4.79 Å². The molecular weight excluding hydrogens is 252 g/mol. The van der Waals surface area contributed by atoms with Crippen LogP contribution in [-0.2, 0) is 11.3 Å². The van der Waals surface area contributed by atoms with Gasteiger partial charge in [0.1, 0.15) is 6.54 Å². The molecule has 0 bridgehead atoms. The van der Waals surface area contributed by atoms with E-state index < -0.39 is 11.6 Å². The predicted molar refractivity (Wildman–Crippen MR) is 67.6 cm³/mol. The Labute approximate surface area is 109 Å². The minimum Gasteiger partial charge on any atom is -0.355 e. The molecule has 0 aliphatic rings. The van der Waals surface area contributed by atoms with Gasteiger partial charge in [-0.1, -0.05) is 13.3 Å². The average Bonchev–Trinajstić information content (AvgIpc) is 2.73. The quantitative estimate of drug-likeness (QED) is 0.844. The van der Waals surface area contributed by atoms with Crippen LogP contribution >= 0.6 is 0 Å². The van der Waals surface area contributed by atoms with Crippen LogP contribution in [0.25, 0.3) is 11.0 Å². The summed E-state index contributed by atoms with van der Waals surface area (Å²) < 4.78 is 27.7. The number of halogens is 2. The van der Waals surface area contributed by atoms with Crippen LogP contribution in [0.5, 0.6) is 0 Å². The highest BCUT2D eigenvalue weighted by atomic mass is 19.2. The van der Waals surface area contributed by atoms with E-state index >= 15 is 0 Å². The number of carbonyl (C=O) groups is 1. The minimum absolute atomic E-state index is 0.0469. The molecule has 0 saturated carbocycles. The van der Waals surface area contributed by atoms with E-state index in [2.05, 4.69) is 10.3 Å². The van der Waals surface area contributed by atoms with Crippen LogP contribution in [0.1, 0.15) is 19.8 Å². The molecule has 0 unspecified atom stereocenters. The maximum atomic E-state index is 13.2. The lowest BCUT2D eigenvalue weighted by Gasteiger charge is -2.06. The van der Waals surface area contributed by atoms with Crippen molar-refractivity contribution < 1.29 is 13.6 Å². The Hall–Kier alpha value is -1.98. The van der Waals surface area contributed by atoms with E-state index in [1.807, 2.05) is 6.92 Å². The molecule has 2 aromatic rings. The lowest BCUT2D eigenvalue weighted by molar-refractivity contribution is -0.121. The summed E-state index contributed by atoms with van der Waals surface area (Å²) >= 11 is 0. The average molecular weight is 267 g/mol. The summed E-state index contributed by atoms with van der Waals surface area (Å²) in [6.07, 6.45) is 3.32. The van der Waals surface area contributed by atoms with Crippen LogP contribution in [0.4, 0.5) is 8.78 Å². The number of imidazole rings is 1. The number of aromatic nitrogens is 2. The zero-order chi connectivity index (χ0) is 13.8. The molecule has 1 amide bonds. The highest BCUT2D eigenvalue weighted by molar-refractivity contribution is 5.80. The highest BCUT2D eigenvalue weighted by Crippen LogP contribution is 2.17. The molecule has 1 aromatic heterocycles. The molecule has 0 spiro atoms. The van der Waals surface area contributed by atoms with Gasteiger partial charge in [-0.05, 0) is 6.42 Å². The molecule has 19 heavy (non-hydrogen) atoms. The van der Waals surface area contributed by atoms with Crippen LogP contribution in [0.3, 0.4) is 0 Å². The topological polar surface area (TPSA) is 46.9 Å². The van der Waals surface area contributed by atoms with Crippen molar-refractivity contribution in [2.75, 3.05) is 6.54 Å². The largest absolute Gasteiger partial charge is 0.355 e. The summed E-state index contributed by atoms with van der Waals surface area (Å²) in [4.78, 5) is 15.6. The standard InChI is InChI=1S/C13H15F2N3O/c1-2-3-4-16-13(19)7-18-8-17-11-5-9(14)10(15)6-12(11)18/h5-6,8H,2-4,7H2,1H3,(H,16,19). The summed E-state index contributed by atoms with van der Waals surface area (Å²) in [5.41, 5.74) is 0.741. The van der Waals surface area contributed by atoms with Crippen LogP contribution in [0.2, 0.25) is 0 Å². The Morgan fingerprint density at radius 1 is 1.37 bits per heavy atom. The fourth-order valence-corrected chi connectivity index (χ4v) is 1.79. The first-order valence-electron chi connectivity index (χ1n) is 6.18. The van der Waals surface area contributed by atoms with Crippen LogP contribution in [0.15, 0.2) is 18.5 Å². The second-order valence-electron chi connectivity index (χ2n) is 4.33. The number of unbranched alkanes of at least 4 members (excludes halogenated alkanes) is 1. The first kappa shape index (κ1) is 13.5. The Kier molecular flexibility index (Phi) is 4.09. The molecule has 1 aromatic carbocycles. The van der Waals surface area contributed by atoms with Crippen molar-refractivity contribution in [2.24, 2.45) is 0 Å². The number of carbonyl (C=O) groups excluding carboxylic acids is 1. The number of benzene rings is 1. The lowest BCUT2D eigenvalue weighted by Crippen LogP contribution is -2.28. The molecule has 0 fully saturated rings. The number of hydrogen-bond acceptors (Lipinski definition) is 2. The number of nitrogens with zero attached hydrogens (tertiary/aromatic N) is 2. The van der Waals surface area contributed by atoms with E-state index in [4.69, 9.17) is 0 Å². The molecule has 2 rings (SSSR count). The Morgan fingerprint density at radius 3 is 2.84 bits per heavy atom. The van der Waals surface area contributed by atoms with E-state index in [9.17, 15) is 13.6 Å². The van der Waals surface area contributed by atoms with E-state index in [0.29, 0.717) is 17.6 Å². The van der Waals surface area contributed by atoms with Crippen molar-refractivity contribution in [3.63, 3.8) is 0 Å². The zero-order valence-electron chi connectivity index (χ0n) is 10.6. The third kappa shape index (κ3) is 3.07. The summed E-state index contributed by atoms with van der Waals surface area (Å²) in [7, 11) is 0. The van der Waals surface area contributed by atoms with Gasteiger partial charge in [0.05, 0.1) is 17.4 Å². The second-order valence-corrected chi connectivity index (χ2v) is 4.33. The molecule has 1 heterocycles. The van der Waals surface area contributed by atoms with E-state index in [-0.39, 0.29) is 12.5 Å². The Morgan fingerprint density at radius 2 is 2.11 bits per heavy atom. The number of hydrogen-bond donors (Lipinski definition) is 1. The van der Waals surface area contributed by atoms with Crippen molar-refractivity contribution >= 4 is 16.9 Å². The lowest BCUT2D eigenvalue weighted by atomic mass is 10.3. The van der Waals surface area contributed by atoms with Crippen molar-refractivity contribution in [1.29, 1.82) is 0 Å². The van der Waals surface area contributed by atoms with Gasteiger partial charge in [0.25, 0.3) is 0 Å². The van der Waals surface area contributed by atoms with Gasteiger partial charge in [-0.2, -0.15) is 0 Å². The second kappa shape index (κ2) is 5.77. The van der Waals surface area contributed by atoms with Gasteiger partial charge in [-0.15, -0.1) is 0 Å². The monoisotopic (exact) mass is 267 g/mol. The molecule has 0 aliphatic carbocycles. The first-order chi connectivity index (χ1) is 9.11. The molecule has 6 heteroatoms. The van der Waals surface area contributed by atoms with Gasteiger partial charge in [0.2, 0.25) is 5.91 Å². The van der Waals surface area contributed by atoms with Crippen molar-refractivity contribution in [1.82, 2.24) is 14.9 Å². The van der Waals surface area contributed by atoms with Gasteiger partial charge in [-0.25, -0.2) is 13.8 Å². The summed E-state index contributed by atoms with van der Waals surface area (Å²) in [5, 5.41) is 2.76. The number of fused-ring (bicyclic) bond motifs is 1. The van der Waals surface area contributed by atoms with E-state index in [0.717, 1.165) is 25.0 Å². The summed E-state index contributed by atoms with van der Waals surface area (Å²) in [6.45, 7) is 2.70. The third-order valence-electron chi connectivity index (χ3n) is 2.83. The molecule has 4 nitrogen and oxygen atoms in total. The number of nitrogens with one attached hydrogen (secondary N) is 1. The smallest absolute Gasteiger partial charge is 0.239 e. The first-order valence-corrected chi connectivity index (χ1v) is 6.18. The summed E-state index contributed by atoms with van der Waals surface area (Å²) in [5.74, 6) is -2.05. The van der Waals surface area contributed by atoms with Crippen molar-refractivity contribution in [2.45, 2.75) is 26.3 Å². The normalized spacial score (nSPS) is 10.9. The molecule has 0 atom stereocenters. The fraction of sp³-hybridized carbons (Fsp3) is 0.385. The molecular formula is C13H15F2N3O. The van der Waals surface area contributed by atoms with Crippen molar-refractivity contribution in [3.8, 4) is 0 Å². The molecule has 1 N–H and O–H groups in total. The van der Waals surface area contributed by atoms with Crippen LogP contribution < -0.4 is 5.32 Å².